The normalized spacial score (nSPS) is 21.4. The van der Waals surface area contributed by atoms with Gasteiger partial charge in [0.2, 0.25) is 5.91 Å². The third-order valence-corrected chi connectivity index (χ3v) is 5.62. The highest BCUT2D eigenvalue weighted by molar-refractivity contribution is 5.92. The van der Waals surface area contributed by atoms with Crippen LogP contribution in [-0.4, -0.2) is 30.9 Å². The van der Waals surface area contributed by atoms with Gasteiger partial charge in [0, 0.05) is 24.7 Å². The van der Waals surface area contributed by atoms with Gasteiger partial charge in [-0.3, -0.25) is 4.79 Å². The van der Waals surface area contributed by atoms with E-state index in [0.29, 0.717) is 18.0 Å². The number of carbonyl (C=O) groups excluding carboxylic acids is 1. The van der Waals surface area contributed by atoms with Crippen LogP contribution in [0, 0.1) is 5.92 Å². The molecule has 0 radical (unpaired) electrons. The molecule has 2 aromatic carbocycles. The van der Waals surface area contributed by atoms with Crippen LogP contribution in [0.2, 0.25) is 0 Å². The van der Waals surface area contributed by atoms with E-state index in [2.05, 4.69) is 49.3 Å². The molecule has 2 aromatic rings. The number of rotatable bonds is 5. The number of benzene rings is 2. The summed E-state index contributed by atoms with van der Waals surface area (Å²) in [4.78, 5) is 16.7. The number of amides is 1. The minimum absolute atomic E-state index is 0.145. The molecular weight excluding hydrogens is 320 g/mol. The Morgan fingerprint density at radius 2 is 1.42 bits per heavy atom. The highest BCUT2D eigenvalue weighted by Gasteiger charge is 2.33. The summed E-state index contributed by atoms with van der Waals surface area (Å²) in [5.41, 5.74) is 2.42. The molecule has 0 saturated heterocycles. The molecule has 1 aliphatic rings. The summed E-state index contributed by atoms with van der Waals surface area (Å²) in [6.45, 7) is 1.69. The first-order valence-electron chi connectivity index (χ1n) is 9.64. The van der Waals surface area contributed by atoms with Gasteiger partial charge in [-0.1, -0.05) is 48.5 Å². The molecule has 1 amide bonds. The van der Waals surface area contributed by atoms with Crippen molar-refractivity contribution in [3.8, 4) is 0 Å². The highest BCUT2D eigenvalue weighted by atomic mass is 16.2. The summed E-state index contributed by atoms with van der Waals surface area (Å²) in [6, 6.07) is 21.7. The topological polar surface area (TPSA) is 23.6 Å². The number of hydrogen-bond donors (Lipinski definition) is 0. The second kappa shape index (κ2) is 8.50. The summed E-state index contributed by atoms with van der Waals surface area (Å²) < 4.78 is 0. The second-order valence-electron chi connectivity index (χ2n) is 7.61. The molecule has 1 saturated carbocycles. The first-order chi connectivity index (χ1) is 12.6. The molecule has 1 atom stereocenters. The van der Waals surface area contributed by atoms with Gasteiger partial charge in [0.15, 0.2) is 0 Å². The quantitative estimate of drug-likeness (QED) is 0.765. The maximum atomic E-state index is 12.3. The summed E-state index contributed by atoms with van der Waals surface area (Å²) >= 11 is 0. The van der Waals surface area contributed by atoms with Crippen molar-refractivity contribution < 1.29 is 4.79 Å². The van der Waals surface area contributed by atoms with E-state index >= 15 is 0 Å². The number of carbonyl (C=O) groups is 1. The highest BCUT2D eigenvalue weighted by Crippen LogP contribution is 2.39. The van der Waals surface area contributed by atoms with Crippen molar-refractivity contribution >= 4 is 11.6 Å². The molecule has 3 nitrogen and oxygen atoms in total. The van der Waals surface area contributed by atoms with Gasteiger partial charge in [0.05, 0.1) is 0 Å². The molecule has 0 N–H and O–H groups in total. The van der Waals surface area contributed by atoms with E-state index in [1.54, 1.807) is 6.92 Å². The molecule has 0 heterocycles. The molecule has 1 aliphatic carbocycles. The molecule has 1 unspecified atom stereocenters. The lowest BCUT2D eigenvalue weighted by Gasteiger charge is -2.41. The summed E-state index contributed by atoms with van der Waals surface area (Å²) in [5.74, 6) is 0.778. The van der Waals surface area contributed by atoms with Crippen LogP contribution < -0.4 is 4.90 Å². The van der Waals surface area contributed by atoms with Crippen LogP contribution in [0.3, 0.4) is 0 Å². The largest absolute Gasteiger partial charge is 0.310 e. The van der Waals surface area contributed by atoms with Crippen LogP contribution >= 0.6 is 0 Å². The SMILES string of the molecule is CC(=O)N(c1ccccc1)C1CCC(C(c2ccccc2)N(C)C)CC1. The summed E-state index contributed by atoms with van der Waals surface area (Å²) in [6.07, 6.45) is 4.44. The molecular formula is C23H30N2O. The Hall–Kier alpha value is -2.13. The number of para-hydroxylation sites is 1. The molecule has 0 spiro atoms. The Morgan fingerprint density at radius 1 is 0.885 bits per heavy atom. The molecule has 0 aromatic heterocycles. The van der Waals surface area contributed by atoms with Gasteiger partial charge < -0.3 is 9.80 Å². The third kappa shape index (κ3) is 4.16. The van der Waals surface area contributed by atoms with Crippen LogP contribution in [0.1, 0.15) is 44.2 Å². The van der Waals surface area contributed by atoms with Crippen molar-refractivity contribution in [2.24, 2.45) is 5.92 Å². The van der Waals surface area contributed by atoms with E-state index in [-0.39, 0.29) is 5.91 Å². The van der Waals surface area contributed by atoms with Crippen molar-refractivity contribution in [2.45, 2.75) is 44.7 Å². The van der Waals surface area contributed by atoms with Crippen LogP contribution in [0.25, 0.3) is 0 Å². The smallest absolute Gasteiger partial charge is 0.224 e. The van der Waals surface area contributed by atoms with Gasteiger partial charge in [-0.15, -0.1) is 0 Å². The van der Waals surface area contributed by atoms with Crippen molar-refractivity contribution in [2.75, 3.05) is 19.0 Å². The van der Waals surface area contributed by atoms with E-state index in [4.69, 9.17) is 0 Å². The average molecular weight is 351 g/mol. The van der Waals surface area contributed by atoms with Crippen LogP contribution in [0.15, 0.2) is 60.7 Å². The van der Waals surface area contributed by atoms with Crippen molar-refractivity contribution in [3.63, 3.8) is 0 Å². The molecule has 26 heavy (non-hydrogen) atoms. The minimum atomic E-state index is 0.145. The maximum Gasteiger partial charge on any atom is 0.224 e. The summed E-state index contributed by atoms with van der Waals surface area (Å²) in [5, 5.41) is 0. The standard InChI is InChI=1S/C23H30N2O/c1-18(26)25(21-12-8-5-9-13-21)22-16-14-20(15-17-22)23(24(2)3)19-10-6-4-7-11-19/h4-13,20,22-23H,14-17H2,1-3H3. The molecule has 0 bridgehead atoms. The average Bonchev–Trinajstić information content (AvgIpc) is 2.65. The number of anilines is 1. The van der Waals surface area contributed by atoms with Crippen molar-refractivity contribution in [1.82, 2.24) is 4.90 Å². The fourth-order valence-electron chi connectivity index (χ4n) is 4.56. The first-order valence-corrected chi connectivity index (χ1v) is 9.64. The molecule has 3 heteroatoms. The second-order valence-corrected chi connectivity index (χ2v) is 7.61. The number of hydrogen-bond acceptors (Lipinski definition) is 2. The van der Waals surface area contributed by atoms with Crippen LogP contribution in [0.5, 0.6) is 0 Å². The van der Waals surface area contributed by atoms with Crippen molar-refractivity contribution in [3.05, 3.63) is 66.2 Å². The molecule has 3 rings (SSSR count). The van der Waals surface area contributed by atoms with Crippen molar-refractivity contribution in [1.29, 1.82) is 0 Å². The Morgan fingerprint density at radius 3 is 1.92 bits per heavy atom. The van der Waals surface area contributed by atoms with E-state index in [1.807, 2.05) is 35.2 Å². The Balaban J connectivity index is 1.72. The predicted octanol–water partition coefficient (Wildman–Crippen LogP) is 4.90. The van der Waals surface area contributed by atoms with E-state index in [0.717, 1.165) is 31.4 Å². The zero-order valence-corrected chi connectivity index (χ0v) is 16.1. The lowest BCUT2D eigenvalue weighted by atomic mass is 9.78. The fourth-order valence-corrected chi connectivity index (χ4v) is 4.56. The number of nitrogens with zero attached hydrogens (tertiary/aromatic N) is 2. The predicted molar refractivity (Wildman–Crippen MR) is 108 cm³/mol. The summed E-state index contributed by atoms with van der Waals surface area (Å²) in [7, 11) is 4.35. The van der Waals surface area contributed by atoms with Gasteiger partial charge in [0.25, 0.3) is 0 Å². The van der Waals surface area contributed by atoms with Crippen LogP contribution in [0.4, 0.5) is 5.69 Å². The molecule has 1 fully saturated rings. The Labute approximate surface area is 157 Å². The fraction of sp³-hybridized carbons (Fsp3) is 0.435. The van der Waals surface area contributed by atoms with Gasteiger partial charge >= 0.3 is 0 Å². The van der Waals surface area contributed by atoms with E-state index in [1.165, 1.54) is 5.56 Å². The lowest BCUT2D eigenvalue weighted by Crippen LogP contribution is -2.42. The molecule has 138 valence electrons. The van der Waals surface area contributed by atoms with Gasteiger partial charge in [-0.2, -0.15) is 0 Å². The van der Waals surface area contributed by atoms with E-state index < -0.39 is 0 Å². The Kier molecular flexibility index (Phi) is 6.10. The monoisotopic (exact) mass is 350 g/mol. The van der Waals surface area contributed by atoms with Gasteiger partial charge in [-0.05, 0) is 63.4 Å². The minimum Gasteiger partial charge on any atom is -0.310 e. The zero-order valence-electron chi connectivity index (χ0n) is 16.1. The maximum absolute atomic E-state index is 12.3. The van der Waals surface area contributed by atoms with Gasteiger partial charge in [-0.25, -0.2) is 0 Å². The molecule has 0 aliphatic heterocycles. The first kappa shape index (κ1) is 18.7. The Bertz CT molecular complexity index is 691. The lowest BCUT2D eigenvalue weighted by molar-refractivity contribution is -0.117. The third-order valence-electron chi connectivity index (χ3n) is 5.62. The van der Waals surface area contributed by atoms with Gasteiger partial charge in [0.1, 0.15) is 0 Å². The van der Waals surface area contributed by atoms with Crippen LogP contribution in [-0.2, 0) is 4.79 Å². The van der Waals surface area contributed by atoms with E-state index in [9.17, 15) is 4.79 Å². The zero-order chi connectivity index (χ0) is 18.5.